The number of nitrogens with two attached hydrogens (primary N) is 1. The third-order valence-corrected chi connectivity index (χ3v) is 9.42. The summed E-state index contributed by atoms with van der Waals surface area (Å²) in [6, 6.07) is 26.1. The van der Waals surface area contributed by atoms with Gasteiger partial charge in [-0.3, -0.25) is 8.58 Å². The van der Waals surface area contributed by atoms with Crippen molar-refractivity contribution >= 4 is 32.4 Å². The summed E-state index contributed by atoms with van der Waals surface area (Å²) in [5, 5.41) is 12.5. The Kier molecular flexibility index (Phi) is 6.50. The fourth-order valence-corrected chi connectivity index (χ4v) is 6.67. The molecule has 43 heavy (non-hydrogen) atoms. The smallest absolute Gasteiger partial charge is 0.297 e. The molecule has 3 heterocycles. The Bertz CT molecular complexity index is 2090. The van der Waals surface area contributed by atoms with E-state index in [1.54, 1.807) is 22.7 Å². The van der Waals surface area contributed by atoms with Crippen LogP contribution in [0.1, 0.15) is 36.8 Å². The lowest BCUT2D eigenvalue weighted by Gasteiger charge is -2.41. The number of aromatic nitrogens is 4. The second-order valence-electron chi connectivity index (χ2n) is 11.0. The summed E-state index contributed by atoms with van der Waals surface area (Å²) in [6.07, 6.45) is 3.37. The molecule has 1 aliphatic rings. The molecule has 0 spiro atoms. The van der Waals surface area contributed by atoms with E-state index in [9.17, 15) is 13.5 Å². The summed E-state index contributed by atoms with van der Waals surface area (Å²) in [5.74, 6) is 0.436. The van der Waals surface area contributed by atoms with Crippen molar-refractivity contribution in [2.24, 2.45) is 0 Å². The van der Waals surface area contributed by atoms with Crippen LogP contribution in [0.4, 0.5) is 5.82 Å². The third kappa shape index (κ3) is 4.83. The number of imidazole rings is 1. The largest absolute Gasteiger partial charge is 0.387 e. The van der Waals surface area contributed by atoms with E-state index >= 15 is 0 Å². The van der Waals surface area contributed by atoms with Crippen molar-refractivity contribution in [1.29, 1.82) is 0 Å². The molecule has 9 nitrogen and oxygen atoms in total. The molecule has 1 aliphatic carbocycles. The highest BCUT2D eigenvalue weighted by molar-refractivity contribution is 7.86. The number of benzene rings is 3. The van der Waals surface area contributed by atoms with Crippen molar-refractivity contribution in [1.82, 2.24) is 19.4 Å². The van der Waals surface area contributed by atoms with Crippen LogP contribution in [-0.2, 0) is 14.3 Å². The van der Waals surface area contributed by atoms with Crippen LogP contribution in [0.15, 0.2) is 102 Å². The zero-order chi connectivity index (χ0) is 29.8. The molecule has 1 saturated carbocycles. The maximum atomic E-state index is 13.5. The number of nitrogens with zero attached hydrogens (tertiary/aromatic N) is 4. The van der Waals surface area contributed by atoms with Crippen molar-refractivity contribution < 1.29 is 17.7 Å². The minimum atomic E-state index is -4.25. The molecule has 216 valence electrons. The van der Waals surface area contributed by atoms with Crippen LogP contribution >= 0.6 is 0 Å². The first kappa shape index (κ1) is 27.2. The molecular weight excluding hydrogens is 562 g/mol. The van der Waals surface area contributed by atoms with Gasteiger partial charge >= 0.3 is 0 Å². The molecule has 10 heteroatoms. The molecule has 0 amide bonds. The average molecular weight is 592 g/mol. The van der Waals surface area contributed by atoms with E-state index in [2.05, 4.69) is 4.98 Å². The highest BCUT2D eigenvalue weighted by atomic mass is 32.2. The topological polar surface area (TPSA) is 133 Å². The van der Waals surface area contributed by atoms with Gasteiger partial charge in [-0.05, 0) is 50.5 Å². The van der Waals surface area contributed by atoms with Gasteiger partial charge in [0.1, 0.15) is 22.9 Å². The van der Waals surface area contributed by atoms with Crippen LogP contribution in [-0.4, -0.2) is 38.5 Å². The minimum Gasteiger partial charge on any atom is -0.387 e. The van der Waals surface area contributed by atoms with Gasteiger partial charge in [-0.25, -0.2) is 15.0 Å². The molecule has 0 saturated heterocycles. The van der Waals surface area contributed by atoms with Gasteiger partial charge < -0.3 is 10.8 Å². The molecule has 0 radical (unpaired) electrons. The second kappa shape index (κ2) is 10.3. The van der Waals surface area contributed by atoms with Gasteiger partial charge in [0.25, 0.3) is 10.1 Å². The first-order chi connectivity index (χ1) is 20.7. The van der Waals surface area contributed by atoms with E-state index in [4.69, 9.17) is 19.9 Å². The van der Waals surface area contributed by atoms with Crippen LogP contribution in [0.5, 0.6) is 0 Å². The van der Waals surface area contributed by atoms with Gasteiger partial charge in [-0.15, -0.1) is 0 Å². The fourth-order valence-electron chi connectivity index (χ4n) is 5.57. The van der Waals surface area contributed by atoms with Gasteiger partial charge in [0.05, 0.1) is 21.7 Å². The van der Waals surface area contributed by atoms with E-state index < -0.39 is 21.8 Å². The number of hydrogen-bond acceptors (Lipinski definition) is 8. The molecule has 6 aromatic rings. The number of rotatable bonds is 7. The summed E-state index contributed by atoms with van der Waals surface area (Å²) < 4.78 is 34.5. The van der Waals surface area contributed by atoms with Gasteiger partial charge in [-0.1, -0.05) is 66.2 Å². The van der Waals surface area contributed by atoms with Crippen molar-refractivity contribution in [3.05, 3.63) is 109 Å². The SMILES string of the molecule is Cc1ccc(S(=O)(=O)OC(c2nc(-c3ccc4ccc(-c5ccccc5)nc4c3)c3c(N)nccn23)C2(O)CCC2)cc1. The second-order valence-corrected chi connectivity index (χ2v) is 12.6. The number of pyridine rings is 1. The molecule has 1 unspecified atom stereocenters. The lowest BCUT2D eigenvalue weighted by Crippen LogP contribution is -2.45. The molecule has 7 rings (SSSR count). The molecule has 3 aromatic heterocycles. The third-order valence-electron chi connectivity index (χ3n) is 8.12. The van der Waals surface area contributed by atoms with Crippen LogP contribution < -0.4 is 5.73 Å². The molecule has 1 fully saturated rings. The van der Waals surface area contributed by atoms with Gasteiger partial charge in [0.2, 0.25) is 0 Å². The van der Waals surface area contributed by atoms with Crippen molar-refractivity contribution in [2.45, 2.75) is 42.8 Å². The lowest BCUT2D eigenvalue weighted by atomic mass is 9.76. The number of fused-ring (bicyclic) bond motifs is 2. The number of nitrogen functional groups attached to an aromatic ring is 1. The van der Waals surface area contributed by atoms with E-state index in [0.29, 0.717) is 24.1 Å². The van der Waals surface area contributed by atoms with E-state index in [1.165, 1.54) is 18.3 Å². The molecule has 3 N–H and O–H groups in total. The Morgan fingerprint density at radius 2 is 1.70 bits per heavy atom. The van der Waals surface area contributed by atoms with E-state index in [0.717, 1.165) is 39.7 Å². The standard InChI is InChI=1S/C33H29N5O4S/c1-21-8-13-25(14-9-21)43(40,41)42-30(33(39)16-5-17-33)32-37-28(29-31(34)35-18-19-38(29)32)24-11-10-23-12-15-26(36-27(23)20-24)22-6-3-2-4-7-22/h2-4,6-15,18-20,30,39H,5,16-17H2,1H3,(H2,34,35). The molecule has 3 aromatic carbocycles. The van der Waals surface area contributed by atoms with Crippen molar-refractivity contribution in [3.63, 3.8) is 0 Å². The number of aliphatic hydroxyl groups is 1. The van der Waals surface area contributed by atoms with Gasteiger partial charge in [0.15, 0.2) is 6.10 Å². The first-order valence-electron chi connectivity index (χ1n) is 14.0. The molecular formula is C33H29N5O4S. The fraction of sp³-hybridized carbons (Fsp3) is 0.182. The summed E-state index contributed by atoms with van der Waals surface area (Å²) in [7, 11) is -4.25. The Morgan fingerprint density at radius 1 is 0.953 bits per heavy atom. The van der Waals surface area contributed by atoms with Crippen LogP contribution in [0, 0.1) is 6.92 Å². The summed E-state index contributed by atoms with van der Waals surface area (Å²) in [6.45, 7) is 1.87. The number of anilines is 1. The molecule has 0 aliphatic heterocycles. The van der Waals surface area contributed by atoms with Crippen molar-refractivity contribution in [2.75, 3.05) is 5.73 Å². The van der Waals surface area contributed by atoms with E-state index in [-0.39, 0.29) is 16.5 Å². The Balaban J connectivity index is 1.37. The Morgan fingerprint density at radius 3 is 2.42 bits per heavy atom. The maximum Gasteiger partial charge on any atom is 0.297 e. The quantitative estimate of drug-likeness (QED) is 0.221. The monoisotopic (exact) mass is 591 g/mol. The zero-order valence-corrected chi connectivity index (χ0v) is 24.2. The predicted octanol–water partition coefficient (Wildman–Crippen LogP) is 5.86. The van der Waals surface area contributed by atoms with Crippen molar-refractivity contribution in [3.8, 4) is 22.5 Å². The maximum absolute atomic E-state index is 13.5. The highest BCUT2D eigenvalue weighted by Crippen LogP contribution is 2.46. The average Bonchev–Trinajstić information content (AvgIpc) is 3.39. The van der Waals surface area contributed by atoms with Crippen LogP contribution in [0.25, 0.3) is 38.9 Å². The number of aryl methyl sites for hydroxylation is 1. The van der Waals surface area contributed by atoms with Gasteiger partial charge in [-0.2, -0.15) is 8.42 Å². The Labute approximate surface area is 248 Å². The summed E-state index contributed by atoms with van der Waals surface area (Å²) in [4.78, 5) is 14.1. The Hall–Kier alpha value is -4.64. The first-order valence-corrected chi connectivity index (χ1v) is 15.4. The summed E-state index contributed by atoms with van der Waals surface area (Å²) in [5.41, 5.74) is 10.2. The minimum absolute atomic E-state index is 0.00288. The van der Waals surface area contributed by atoms with Gasteiger partial charge in [0, 0.05) is 28.9 Å². The summed E-state index contributed by atoms with van der Waals surface area (Å²) >= 11 is 0. The zero-order valence-electron chi connectivity index (χ0n) is 23.4. The molecule has 0 bridgehead atoms. The predicted molar refractivity (Wildman–Crippen MR) is 165 cm³/mol. The molecule has 1 atom stereocenters. The lowest BCUT2D eigenvalue weighted by molar-refractivity contribution is -0.118. The van der Waals surface area contributed by atoms with Crippen LogP contribution in [0.2, 0.25) is 0 Å². The van der Waals surface area contributed by atoms with Crippen LogP contribution in [0.3, 0.4) is 0 Å². The normalized spacial score (nSPS) is 15.4. The highest BCUT2D eigenvalue weighted by Gasteiger charge is 2.48. The van der Waals surface area contributed by atoms with E-state index in [1.807, 2.05) is 67.6 Å². The number of hydrogen-bond donors (Lipinski definition) is 2.